The first-order chi connectivity index (χ1) is 12.4. The summed E-state index contributed by atoms with van der Waals surface area (Å²) in [5.74, 6) is -1.16. The molecule has 1 amide bonds. The van der Waals surface area contributed by atoms with Crippen LogP contribution in [0.4, 0.5) is 13.6 Å². The van der Waals surface area contributed by atoms with Crippen LogP contribution in [0.3, 0.4) is 0 Å². The number of benzene rings is 1. The van der Waals surface area contributed by atoms with Crippen LogP contribution in [0.1, 0.15) is 53.0 Å². The average Bonchev–Trinajstić information content (AvgIpc) is 3.22. The number of nitrogens with zero attached hydrogens (tertiary/aromatic N) is 1. The third-order valence-electron chi connectivity index (χ3n) is 4.97. The lowest BCUT2D eigenvalue weighted by molar-refractivity contribution is -0.0610. The van der Waals surface area contributed by atoms with Crippen molar-refractivity contribution in [2.45, 2.75) is 70.2 Å². The van der Waals surface area contributed by atoms with Crippen molar-refractivity contribution in [3.63, 3.8) is 0 Å². The summed E-state index contributed by atoms with van der Waals surface area (Å²) < 4.78 is 38.5. The summed E-state index contributed by atoms with van der Waals surface area (Å²) in [5, 5.41) is 0. The van der Waals surface area contributed by atoms with Gasteiger partial charge in [-0.05, 0) is 65.2 Å². The van der Waals surface area contributed by atoms with Gasteiger partial charge in [-0.15, -0.1) is 0 Å². The molecule has 1 saturated heterocycles. The van der Waals surface area contributed by atoms with Gasteiger partial charge in [-0.25, -0.2) is 13.6 Å². The van der Waals surface area contributed by atoms with Crippen LogP contribution in [-0.2, 0) is 14.9 Å². The topological polar surface area (TPSA) is 38.8 Å². The number of ether oxygens (including phenoxy) is 2. The van der Waals surface area contributed by atoms with Gasteiger partial charge in [-0.2, -0.15) is 0 Å². The fourth-order valence-electron chi connectivity index (χ4n) is 3.46. The van der Waals surface area contributed by atoms with Crippen LogP contribution in [0.5, 0.6) is 0 Å². The van der Waals surface area contributed by atoms with Crippen molar-refractivity contribution in [3.8, 4) is 0 Å². The van der Waals surface area contributed by atoms with E-state index in [0.29, 0.717) is 12.2 Å². The van der Waals surface area contributed by atoms with Gasteiger partial charge in [0.15, 0.2) is 0 Å². The smallest absolute Gasteiger partial charge is 0.413 e. The second kappa shape index (κ2) is 6.59. The van der Waals surface area contributed by atoms with E-state index in [4.69, 9.17) is 9.47 Å². The van der Waals surface area contributed by atoms with Gasteiger partial charge in [0.05, 0.1) is 12.6 Å². The lowest BCUT2D eigenvalue weighted by Gasteiger charge is -2.34. The second-order valence-corrected chi connectivity index (χ2v) is 8.85. The molecular weight excluding hydrogens is 352 g/mol. The quantitative estimate of drug-likeness (QED) is 0.700. The van der Waals surface area contributed by atoms with Crippen LogP contribution in [0.2, 0.25) is 0 Å². The van der Waals surface area contributed by atoms with E-state index in [2.05, 4.69) is 0 Å². The van der Waals surface area contributed by atoms with Crippen molar-refractivity contribution < 1.29 is 23.0 Å². The Morgan fingerprint density at radius 2 is 1.81 bits per heavy atom. The van der Waals surface area contributed by atoms with Gasteiger partial charge >= 0.3 is 6.09 Å². The number of rotatable bonds is 3. The fraction of sp³-hybridized carbons (Fsp3) is 0.571. The number of halogens is 2. The molecule has 4 nitrogen and oxygen atoms in total. The lowest BCUT2D eigenvalue weighted by atomic mass is 9.94. The predicted octanol–water partition coefficient (Wildman–Crippen LogP) is 4.92. The van der Waals surface area contributed by atoms with E-state index in [-0.39, 0.29) is 11.5 Å². The molecule has 1 unspecified atom stereocenters. The van der Waals surface area contributed by atoms with Crippen molar-refractivity contribution in [2.24, 2.45) is 0 Å². The highest BCUT2D eigenvalue weighted by Crippen LogP contribution is 2.50. The first-order valence-corrected chi connectivity index (χ1v) is 9.24. The van der Waals surface area contributed by atoms with E-state index in [9.17, 15) is 13.6 Å². The van der Waals surface area contributed by atoms with Crippen LogP contribution in [-0.4, -0.2) is 35.0 Å². The Kier molecular flexibility index (Phi) is 4.83. The molecule has 0 radical (unpaired) electrons. The summed E-state index contributed by atoms with van der Waals surface area (Å²) in [6, 6.07) is 3.33. The maximum atomic E-state index is 13.6. The van der Waals surface area contributed by atoms with Crippen LogP contribution >= 0.6 is 0 Å². The summed E-state index contributed by atoms with van der Waals surface area (Å²) in [6.45, 7) is 9.43. The fourth-order valence-corrected chi connectivity index (χ4v) is 3.46. The monoisotopic (exact) mass is 379 g/mol. The van der Waals surface area contributed by atoms with E-state index >= 15 is 0 Å². The van der Waals surface area contributed by atoms with Crippen molar-refractivity contribution in [1.82, 2.24) is 4.90 Å². The molecular formula is C21H27F2NO3. The minimum Gasteiger partial charge on any atom is -0.444 e. The summed E-state index contributed by atoms with van der Waals surface area (Å²) in [6.07, 6.45) is 5.04. The third-order valence-corrected chi connectivity index (χ3v) is 4.97. The molecule has 1 aliphatic heterocycles. The molecule has 2 aliphatic rings. The van der Waals surface area contributed by atoms with Crippen LogP contribution < -0.4 is 0 Å². The Hall–Kier alpha value is -1.95. The summed E-state index contributed by atoms with van der Waals surface area (Å²) >= 11 is 0. The summed E-state index contributed by atoms with van der Waals surface area (Å²) in [7, 11) is 0. The van der Waals surface area contributed by atoms with Gasteiger partial charge in [0.2, 0.25) is 0 Å². The summed E-state index contributed by atoms with van der Waals surface area (Å²) in [4.78, 5) is 14.3. The van der Waals surface area contributed by atoms with Crippen molar-refractivity contribution in [2.75, 3.05) is 6.61 Å². The minimum absolute atomic E-state index is 0.300. The van der Waals surface area contributed by atoms with Gasteiger partial charge in [0.1, 0.15) is 23.0 Å². The normalized spacial score (nSPS) is 23.7. The zero-order valence-corrected chi connectivity index (χ0v) is 16.5. The molecule has 6 heteroatoms. The number of hydrogen-bond acceptors (Lipinski definition) is 3. The SMILES string of the molecule is CC(C)(C)OC(=O)N1C(C=CC2(c3cc(F)cc(F)c3)CC2)COC1(C)C. The molecule has 3 rings (SSSR count). The van der Waals surface area contributed by atoms with Crippen LogP contribution in [0.15, 0.2) is 30.4 Å². The van der Waals surface area contributed by atoms with Crippen molar-refractivity contribution in [1.29, 1.82) is 0 Å². The molecule has 148 valence electrons. The van der Waals surface area contributed by atoms with E-state index in [1.54, 1.807) is 4.90 Å². The minimum atomic E-state index is -0.793. The first kappa shape index (κ1) is 19.8. The molecule has 1 aliphatic carbocycles. The Morgan fingerprint density at radius 1 is 1.22 bits per heavy atom. The van der Waals surface area contributed by atoms with E-state index < -0.39 is 29.1 Å². The zero-order chi connectivity index (χ0) is 20.0. The van der Waals surface area contributed by atoms with Crippen molar-refractivity contribution >= 4 is 6.09 Å². The van der Waals surface area contributed by atoms with Gasteiger partial charge < -0.3 is 9.47 Å². The first-order valence-electron chi connectivity index (χ1n) is 9.24. The molecule has 0 spiro atoms. The Bertz CT molecular complexity index is 743. The average molecular weight is 379 g/mol. The van der Waals surface area contributed by atoms with Gasteiger partial charge in [-0.3, -0.25) is 4.90 Å². The predicted molar refractivity (Wildman–Crippen MR) is 98.3 cm³/mol. The molecule has 1 heterocycles. The van der Waals surface area contributed by atoms with Gasteiger partial charge in [0.25, 0.3) is 0 Å². The second-order valence-electron chi connectivity index (χ2n) is 8.85. The molecule has 0 N–H and O–H groups in total. The van der Waals surface area contributed by atoms with Gasteiger partial charge in [0, 0.05) is 11.5 Å². The molecule has 0 aromatic heterocycles. The largest absolute Gasteiger partial charge is 0.444 e. The lowest BCUT2D eigenvalue weighted by Crippen LogP contribution is -2.49. The highest BCUT2D eigenvalue weighted by molar-refractivity contribution is 5.70. The maximum Gasteiger partial charge on any atom is 0.413 e. The number of amides is 1. The molecule has 1 aromatic rings. The number of allylic oxidation sites excluding steroid dienone is 1. The molecule has 27 heavy (non-hydrogen) atoms. The maximum absolute atomic E-state index is 13.6. The standard InChI is InChI=1S/C21H27F2NO3/c1-19(2,3)27-18(25)24-17(13-26-20(24,4)5)6-7-21(8-9-21)14-10-15(22)12-16(23)11-14/h6-7,10-12,17H,8-9,13H2,1-5H3. The van der Waals surface area contributed by atoms with Crippen molar-refractivity contribution in [3.05, 3.63) is 47.5 Å². The van der Waals surface area contributed by atoms with E-state index in [1.807, 2.05) is 46.8 Å². The number of carbonyl (C=O) groups is 1. The molecule has 1 saturated carbocycles. The molecule has 1 atom stereocenters. The van der Waals surface area contributed by atoms with Gasteiger partial charge in [-0.1, -0.05) is 12.2 Å². The molecule has 2 fully saturated rings. The van der Waals surface area contributed by atoms with Crippen LogP contribution in [0.25, 0.3) is 0 Å². The van der Waals surface area contributed by atoms with E-state index in [1.165, 1.54) is 12.1 Å². The van der Waals surface area contributed by atoms with Crippen LogP contribution in [0, 0.1) is 11.6 Å². The Labute approximate surface area is 159 Å². The molecule has 1 aromatic carbocycles. The number of carbonyl (C=O) groups excluding carboxylic acids is 1. The molecule has 0 bridgehead atoms. The van der Waals surface area contributed by atoms with E-state index in [0.717, 1.165) is 18.9 Å². The number of hydrogen-bond donors (Lipinski definition) is 0. The summed E-state index contributed by atoms with van der Waals surface area (Å²) in [5.41, 5.74) is -1.16. The third kappa shape index (κ3) is 4.32. The Morgan fingerprint density at radius 3 is 2.33 bits per heavy atom. The Balaban J connectivity index is 1.82. The highest BCUT2D eigenvalue weighted by atomic mass is 19.1. The highest BCUT2D eigenvalue weighted by Gasteiger charge is 2.46. The zero-order valence-electron chi connectivity index (χ0n) is 16.5.